The Morgan fingerprint density at radius 3 is 2.21 bits per heavy atom. The van der Waals surface area contributed by atoms with Gasteiger partial charge >= 0.3 is 0 Å². The van der Waals surface area contributed by atoms with Crippen LogP contribution in [0, 0.1) is 29.5 Å². The van der Waals surface area contributed by atoms with Crippen molar-refractivity contribution in [3.05, 3.63) is 42.2 Å². The zero-order chi connectivity index (χ0) is 17.0. The number of anilines is 1. The van der Waals surface area contributed by atoms with Crippen LogP contribution in [0.4, 0.5) is 10.1 Å². The van der Waals surface area contributed by atoms with Crippen molar-refractivity contribution in [2.24, 2.45) is 23.7 Å². The first kappa shape index (κ1) is 15.1. The number of nitrogens with zero attached hydrogens (tertiary/aromatic N) is 1. The van der Waals surface area contributed by atoms with Gasteiger partial charge in [-0.1, -0.05) is 12.2 Å². The molecule has 1 aromatic rings. The van der Waals surface area contributed by atoms with Crippen LogP contribution >= 0.6 is 0 Å². The van der Waals surface area contributed by atoms with Crippen molar-refractivity contribution >= 4 is 23.4 Å². The van der Waals surface area contributed by atoms with Gasteiger partial charge in [0.25, 0.3) is 0 Å². The maximum absolute atomic E-state index is 12.9. The molecule has 4 rings (SSSR count). The van der Waals surface area contributed by atoms with E-state index in [1.165, 1.54) is 24.3 Å². The van der Waals surface area contributed by atoms with E-state index in [2.05, 4.69) is 5.32 Å². The summed E-state index contributed by atoms with van der Waals surface area (Å²) in [6, 6.07) is 4.46. The molecule has 5 nitrogen and oxygen atoms in total. The van der Waals surface area contributed by atoms with E-state index in [1.54, 1.807) is 6.92 Å². The predicted molar refractivity (Wildman–Crippen MR) is 84.1 cm³/mol. The number of likely N-dealkylation sites (tertiary alicyclic amines) is 1. The Morgan fingerprint density at radius 1 is 1.12 bits per heavy atom. The first-order valence-electron chi connectivity index (χ1n) is 8.09. The monoisotopic (exact) mass is 328 g/mol. The lowest BCUT2D eigenvalue weighted by molar-refractivity contribution is -0.146. The van der Waals surface area contributed by atoms with Crippen LogP contribution in [0.2, 0.25) is 0 Å². The summed E-state index contributed by atoms with van der Waals surface area (Å²) in [6.45, 7) is 1.55. The molecule has 0 unspecified atom stereocenters. The topological polar surface area (TPSA) is 66.5 Å². The minimum Gasteiger partial charge on any atom is -0.324 e. The third-order valence-corrected chi connectivity index (χ3v) is 5.38. The molecule has 2 aliphatic carbocycles. The number of hydrogen-bond donors (Lipinski definition) is 1. The van der Waals surface area contributed by atoms with Gasteiger partial charge in [-0.2, -0.15) is 0 Å². The number of fused-ring (bicyclic) bond motifs is 5. The summed E-state index contributed by atoms with van der Waals surface area (Å²) in [5.41, 5.74) is 0.425. The van der Waals surface area contributed by atoms with Gasteiger partial charge in [0.2, 0.25) is 17.7 Å². The fraction of sp³-hybridized carbons (Fsp3) is 0.389. The summed E-state index contributed by atoms with van der Waals surface area (Å²) < 4.78 is 12.9. The number of carbonyl (C=O) groups is 3. The number of amides is 3. The molecule has 0 aromatic heterocycles. The van der Waals surface area contributed by atoms with Crippen molar-refractivity contribution in [3.63, 3.8) is 0 Å². The lowest BCUT2D eigenvalue weighted by atomic mass is 9.85. The number of rotatable bonds is 3. The number of allylic oxidation sites excluding steroid dienone is 2. The first-order valence-corrected chi connectivity index (χ1v) is 8.09. The molecule has 24 heavy (non-hydrogen) atoms. The Labute approximate surface area is 138 Å². The van der Waals surface area contributed by atoms with Gasteiger partial charge in [0, 0.05) is 5.69 Å². The van der Waals surface area contributed by atoms with Crippen molar-refractivity contribution in [3.8, 4) is 0 Å². The van der Waals surface area contributed by atoms with Crippen molar-refractivity contribution in [2.75, 3.05) is 5.32 Å². The fourth-order valence-corrected chi connectivity index (χ4v) is 4.20. The number of carbonyl (C=O) groups excluding carboxylic acids is 3. The quantitative estimate of drug-likeness (QED) is 0.681. The average molecular weight is 328 g/mol. The molecule has 1 saturated heterocycles. The second-order valence-electron chi connectivity index (χ2n) is 6.72. The Bertz CT molecular complexity index is 728. The first-order chi connectivity index (χ1) is 11.5. The Kier molecular flexibility index (Phi) is 3.30. The molecule has 6 heteroatoms. The van der Waals surface area contributed by atoms with E-state index in [9.17, 15) is 18.8 Å². The van der Waals surface area contributed by atoms with E-state index in [1.807, 2.05) is 12.2 Å². The number of nitrogens with one attached hydrogen (secondary N) is 1. The van der Waals surface area contributed by atoms with Crippen LogP contribution in [-0.2, 0) is 14.4 Å². The molecule has 0 radical (unpaired) electrons. The van der Waals surface area contributed by atoms with Crippen LogP contribution in [0.3, 0.4) is 0 Å². The van der Waals surface area contributed by atoms with Crippen LogP contribution in [0.1, 0.15) is 13.3 Å². The van der Waals surface area contributed by atoms with E-state index < -0.39 is 17.8 Å². The molecular formula is C18H17FN2O3. The van der Waals surface area contributed by atoms with Crippen LogP contribution in [0.15, 0.2) is 36.4 Å². The lowest BCUT2D eigenvalue weighted by Crippen LogP contribution is -2.46. The number of halogens is 1. The predicted octanol–water partition coefficient (Wildman–Crippen LogP) is 1.96. The zero-order valence-electron chi connectivity index (χ0n) is 13.1. The normalized spacial score (nSPS) is 31.5. The summed E-state index contributed by atoms with van der Waals surface area (Å²) in [7, 11) is 0. The second kappa shape index (κ2) is 5.26. The molecule has 124 valence electrons. The smallest absolute Gasteiger partial charge is 0.247 e. The van der Waals surface area contributed by atoms with E-state index in [0.717, 1.165) is 11.3 Å². The van der Waals surface area contributed by atoms with E-state index in [4.69, 9.17) is 0 Å². The largest absolute Gasteiger partial charge is 0.324 e. The van der Waals surface area contributed by atoms with Gasteiger partial charge in [0.15, 0.2) is 0 Å². The SMILES string of the molecule is C[C@H](C(=O)Nc1ccc(F)cc1)N1C(=O)[C@@H]2[C@@H](C1=O)[C@H]1C=C[C@H]2C1. The highest BCUT2D eigenvalue weighted by Crippen LogP contribution is 2.52. The van der Waals surface area contributed by atoms with Crippen molar-refractivity contribution in [1.82, 2.24) is 4.90 Å². The van der Waals surface area contributed by atoms with Crippen LogP contribution in [0.25, 0.3) is 0 Å². The molecule has 2 fully saturated rings. The molecule has 2 bridgehead atoms. The van der Waals surface area contributed by atoms with E-state index in [-0.39, 0.29) is 35.5 Å². The van der Waals surface area contributed by atoms with Gasteiger partial charge in [-0.05, 0) is 49.4 Å². The van der Waals surface area contributed by atoms with Gasteiger partial charge in [-0.3, -0.25) is 19.3 Å². The molecule has 1 saturated carbocycles. The van der Waals surface area contributed by atoms with Gasteiger partial charge in [0.05, 0.1) is 11.8 Å². The van der Waals surface area contributed by atoms with Crippen molar-refractivity contribution < 1.29 is 18.8 Å². The highest BCUT2D eigenvalue weighted by molar-refractivity contribution is 6.10. The summed E-state index contributed by atoms with van der Waals surface area (Å²) in [5, 5.41) is 2.62. The minimum atomic E-state index is -0.889. The van der Waals surface area contributed by atoms with Gasteiger partial charge in [0.1, 0.15) is 11.9 Å². The Hall–Kier alpha value is -2.50. The molecule has 3 amide bonds. The summed E-state index contributed by atoms with van der Waals surface area (Å²) >= 11 is 0. The summed E-state index contributed by atoms with van der Waals surface area (Å²) in [6.07, 6.45) is 4.89. The summed E-state index contributed by atoms with van der Waals surface area (Å²) in [4.78, 5) is 38.9. The highest BCUT2D eigenvalue weighted by atomic mass is 19.1. The number of imide groups is 1. The van der Waals surface area contributed by atoms with Gasteiger partial charge in [-0.15, -0.1) is 0 Å². The molecular weight excluding hydrogens is 311 g/mol. The van der Waals surface area contributed by atoms with Crippen LogP contribution in [0.5, 0.6) is 0 Å². The third kappa shape index (κ3) is 2.09. The third-order valence-electron chi connectivity index (χ3n) is 5.38. The molecule has 0 spiro atoms. The molecule has 5 atom stereocenters. The molecule has 1 heterocycles. The fourth-order valence-electron chi connectivity index (χ4n) is 4.20. The van der Waals surface area contributed by atoms with Gasteiger partial charge in [-0.25, -0.2) is 4.39 Å². The van der Waals surface area contributed by atoms with E-state index >= 15 is 0 Å². The Balaban J connectivity index is 1.51. The highest BCUT2D eigenvalue weighted by Gasteiger charge is 2.60. The molecule has 1 aliphatic heterocycles. The maximum atomic E-state index is 12.9. The van der Waals surface area contributed by atoms with Gasteiger partial charge < -0.3 is 5.32 Å². The Morgan fingerprint density at radius 2 is 1.67 bits per heavy atom. The van der Waals surface area contributed by atoms with Crippen molar-refractivity contribution in [1.29, 1.82) is 0 Å². The van der Waals surface area contributed by atoms with E-state index in [0.29, 0.717) is 5.69 Å². The van der Waals surface area contributed by atoms with Crippen LogP contribution in [-0.4, -0.2) is 28.7 Å². The number of benzene rings is 1. The second-order valence-corrected chi connectivity index (χ2v) is 6.72. The average Bonchev–Trinajstić information content (AvgIpc) is 3.23. The lowest BCUT2D eigenvalue weighted by Gasteiger charge is -2.23. The maximum Gasteiger partial charge on any atom is 0.247 e. The molecule has 1 N–H and O–H groups in total. The standard InChI is InChI=1S/C18H17FN2O3/c1-9(16(22)20-13-6-4-12(19)5-7-13)21-17(23)14-10-2-3-11(8-10)15(14)18(21)24/h2-7,9-11,14-15H,8H2,1H3,(H,20,22)/t9-,10+,11+,14+,15+/m1/s1. The molecule has 3 aliphatic rings. The number of hydrogen-bond acceptors (Lipinski definition) is 3. The minimum absolute atomic E-state index is 0.119. The van der Waals surface area contributed by atoms with Crippen molar-refractivity contribution in [2.45, 2.75) is 19.4 Å². The molecule has 1 aromatic carbocycles. The summed E-state index contributed by atoms with van der Waals surface area (Å²) in [5.74, 6) is -1.73. The van der Waals surface area contributed by atoms with Crippen LogP contribution < -0.4 is 5.32 Å². The zero-order valence-corrected chi connectivity index (χ0v) is 13.1.